The lowest BCUT2D eigenvalue weighted by molar-refractivity contribution is 0.00122. The topological polar surface area (TPSA) is 78.3 Å². The molecule has 0 radical (unpaired) electrons. The number of rotatable bonds is 3. The molecule has 0 aliphatic carbocycles. The van der Waals surface area contributed by atoms with Gasteiger partial charge >= 0.3 is 0 Å². The average Bonchev–Trinajstić information content (AvgIpc) is 3.44. The Morgan fingerprint density at radius 2 is 1.76 bits per heavy atom. The van der Waals surface area contributed by atoms with Crippen molar-refractivity contribution < 1.29 is 0 Å². The Morgan fingerprint density at radius 3 is 2.39 bits per heavy atom. The van der Waals surface area contributed by atoms with Crippen molar-refractivity contribution in [3.63, 3.8) is 0 Å². The number of aryl methyl sites for hydroxylation is 1. The van der Waals surface area contributed by atoms with Gasteiger partial charge in [0.2, 0.25) is 0 Å². The first-order chi connectivity index (χ1) is 16.0. The first-order valence-electron chi connectivity index (χ1n) is 11.3. The molecular formula is C25H26N8. The predicted octanol–water partition coefficient (Wildman–Crippen LogP) is 3.20. The van der Waals surface area contributed by atoms with E-state index >= 15 is 0 Å². The molecule has 6 heterocycles. The molecule has 0 unspecified atom stereocenters. The van der Waals surface area contributed by atoms with Gasteiger partial charge in [-0.05, 0) is 43.5 Å². The second-order valence-corrected chi connectivity index (χ2v) is 9.57. The van der Waals surface area contributed by atoms with Gasteiger partial charge in [-0.2, -0.15) is 15.5 Å². The number of piperidine rings is 1. The highest BCUT2D eigenvalue weighted by atomic mass is 15.2. The molecule has 33 heavy (non-hydrogen) atoms. The van der Waals surface area contributed by atoms with Crippen LogP contribution >= 0.6 is 0 Å². The Kier molecular flexibility index (Phi) is 4.49. The van der Waals surface area contributed by atoms with Crippen LogP contribution in [0.15, 0.2) is 49.2 Å². The lowest BCUT2D eigenvalue weighted by Gasteiger charge is -2.53. The van der Waals surface area contributed by atoms with E-state index in [4.69, 9.17) is 4.98 Å². The van der Waals surface area contributed by atoms with Crippen LogP contribution in [0.25, 0.3) is 27.8 Å². The molecule has 166 valence electrons. The molecule has 0 amide bonds. The van der Waals surface area contributed by atoms with Crippen LogP contribution in [0.4, 0.5) is 5.82 Å². The second-order valence-electron chi connectivity index (χ2n) is 9.57. The van der Waals surface area contributed by atoms with Crippen LogP contribution in [-0.4, -0.2) is 62.5 Å². The number of hydrogen-bond acceptors (Lipinski definition) is 6. The van der Waals surface area contributed by atoms with E-state index in [9.17, 15) is 5.26 Å². The average molecular weight is 439 g/mol. The maximum Gasteiger partial charge on any atom is 0.128 e. The molecule has 0 atom stereocenters. The molecule has 4 aromatic heterocycles. The zero-order valence-corrected chi connectivity index (χ0v) is 18.9. The fourth-order valence-corrected chi connectivity index (χ4v) is 5.51. The molecule has 0 bridgehead atoms. The van der Waals surface area contributed by atoms with Gasteiger partial charge in [0.25, 0.3) is 0 Å². The number of likely N-dealkylation sites (tertiary alicyclic amines) is 1. The predicted molar refractivity (Wildman–Crippen MR) is 127 cm³/mol. The van der Waals surface area contributed by atoms with Gasteiger partial charge in [-0.1, -0.05) is 0 Å². The van der Waals surface area contributed by atoms with Crippen LogP contribution < -0.4 is 4.90 Å². The summed E-state index contributed by atoms with van der Waals surface area (Å²) in [6.45, 7) is 4.57. The molecule has 8 nitrogen and oxygen atoms in total. The molecule has 4 aromatic rings. The van der Waals surface area contributed by atoms with Crippen LogP contribution in [0, 0.1) is 16.7 Å². The molecule has 1 spiro atoms. The summed E-state index contributed by atoms with van der Waals surface area (Å²) in [5, 5.41) is 18.4. The molecule has 8 heteroatoms. The van der Waals surface area contributed by atoms with Crippen LogP contribution in [0.5, 0.6) is 0 Å². The number of pyridine rings is 2. The van der Waals surface area contributed by atoms with Crippen LogP contribution in [0.1, 0.15) is 18.4 Å². The number of nitrogens with zero attached hydrogens (tertiary/aromatic N) is 8. The highest BCUT2D eigenvalue weighted by molar-refractivity contribution is 5.87. The van der Waals surface area contributed by atoms with Gasteiger partial charge in [0.05, 0.1) is 23.5 Å². The fraction of sp³-hybridized carbons (Fsp3) is 0.360. The fourth-order valence-electron chi connectivity index (χ4n) is 5.51. The van der Waals surface area contributed by atoms with Crippen molar-refractivity contribution in [2.24, 2.45) is 12.5 Å². The summed E-state index contributed by atoms with van der Waals surface area (Å²) in [5.74, 6) is 1.02. The quantitative estimate of drug-likeness (QED) is 0.489. The van der Waals surface area contributed by atoms with Gasteiger partial charge < -0.3 is 9.80 Å². The third-order valence-corrected chi connectivity index (χ3v) is 7.19. The number of nitriles is 1. The third kappa shape index (κ3) is 3.36. The molecule has 2 fully saturated rings. The minimum Gasteiger partial charge on any atom is -0.357 e. The van der Waals surface area contributed by atoms with E-state index in [-0.39, 0.29) is 0 Å². The summed E-state index contributed by atoms with van der Waals surface area (Å²) in [7, 11) is 4.11. The molecule has 0 N–H and O–H groups in total. The summed E-state index contributed by atoms with van der Waals surface area (Å²) in [6, 6.07) is 8.60. The maximum atomic E-state index is 9.64. The number of fused-ring (bicyclic) bond motifs is 1. The summed E-state index contributed by atoms with van der Waals surface area (Å²) < 4.78 is 3.56. The molecule has 2 aliphatic heterocycles. The third-order valence-electron chi connectivity index (χ3n) is 7.19. The SMILES string of the molecule is CN1CC2(CCN(c3ccc(-c4cc(-c5cnn(C)c5)cn5ncc(C#N)c45)cn3)CC2)C1. The van der Waals surface area contributed by atoms with E-state index in [0.717, 1.165) is 46.7 Å². The van der Waals surface area contributed by atoms with E-state index in [1.165, 1.54) is 25.9 Å². The van der Waals surface area contributed by atoms with Gasteiger partial charge in [-0.15, -0.1) is 0 Å². The van der Waals surface area contributed by atoms with Crippen LogP contribution in [0.3, 0.4) is 0 Å². The number of hydrogen-bond donors (Lipinski definition) is 0. The zero-order valence-electron chi connectivity index (χ0n) is 18.9. The number of anilines is 1. The summed E-state index contributed by atoms with van der Waals surface area (Å²) in [4.78, 5) is 9.63. The largest absolute Gasteiger partial charge is 0.357 e. The van der Waals surface area contributed by atoms with Crippen molar-refractivity contribution in [3.8, 4) is 28.3 Å². The first-order valence-corrected chi connectivity index (χ1v) is 11.3. The molecular weight excluding hydrogens is 412 g/mol. The minimum atomic E-state index is 0.527. The Labute approximate surface area is 192 Å². The Morgan fingerprint density at radius 1 is 0.939 bits per heavy atom. The Hall–Kier alpha value is -3.70. The molecule has 2 aliphatic rings. The van der Waals surface area contributed by atoms with Crippen molar-refractivity contribution >= 4 is 11.3 Å². The second kappa shape index (κ2) is 7.42. The maximum absolute atomic E-state index is 9.64. The van der Waals surface area contributed by atoms with Gasteiger partial charge in [0.15, 0.2) is 0 Å². The van der Waals surface area contributed by atoms with Crippen molar-refractivity contribution in [1.29, 1.82) is 5.26 Å². The lowest BCUT2D eigenvalue weighted by Crippen LogP contribution is -2.58. The van der Waals surface area contributed by atoms with E-state index in [0.29, 0.717) is 11.0 Å². The summed E-state index contributed by atoms with van der Waals surface area (Å²) in [6.07, 6.45) is 11.8. The van der Waals surface area contributed by atoms with Gasteiger partial charge in [-0.25, -0.2) is 9.50 Å². The van der Waals surface area contributed by atoms with Crippen molar-refractivity contribution in [1.82, 2.24) is 29.3 Å². The molecule has 0 aromatic carbocycles. The van der Waals surface area contributed by atoms with Crippen molar-refractivity contribution in [2.75, 3.05) is 38.1 Å². The molecule has 2 saturated heterocycles. The highest BCUT2D eigenvalue weighted by Gasteiger charge is 2.43. The number of aromatic nitrogens is 5. The van der Waals surface area contributed by atoms with E-state index in [1.54, 1.807) is 15.4 Å². The molecule has 0 saturated carbocycles. The summed E-state index contributed by atoms with van der Waals surface area (Å²) >= 11 is 0. The standard InChI is InChI=1S/C25H26N8/c1-30-16-25(17-30)5-7-32(8-6-25)23-4-3-18(11-27-23)22-9-19(21-13-28-31(2)14-21)15-33-24(22)20(10-26)12-29-33/h3-4,9,11-15H,5-8,16-17H2,1-2H3. The summed E-state index contributed by atoms with van der Waals surface area (Å²) in [5.41, 5.74) is 5.80. The Balaban J connectivity index is 1.33. The van der Waals surface area contributed by atoms with Gasteiger partial charge in [0, 0.05) is 74.1 Å². The lowest BCUT2D eigenvalue weighted by atomic mass is 9.72. The van der Waals surface area contributed by atoms with Crippen LogP contribution in [-0.2, 0) is 7.05 Å². The monoisotopic (exact) mass is 438 g/mol. The normalized spacial score (nSPS) is 17.9. The minimum absolute atomic E-state index is 0.527. The Bertz CT molecular complexity index is 1360. The first kappa shape index (κ1) is 19.9. The van der Waals surface area contributed by atoms with E-state index in [1.807, 2.05) is 31.8 Å². The highest BCUT2D eigenvalue weighted by Crippen LogP contribution is 2.40. The zero-order chi connectivity index (χ0) is 22.6. The molecule has 6 rings (SSSR count). The van der Waals surface area contributed by atoms with Crippen LogP contribution in [0.2, 0.25) is 0 Å². The van der Waals surface area contributed by atoms with Crippen molar-refractivity contribution in [2.45, 2.75) is 12.8 Å². The van der Waals surface area contributed by atoms with E-state index < -0.39 is 0 Å². The van der Waals surface area contributed by atoms with E-state index in [2.05, 4.69) is 51.3 Å². The smallest absolute Gasteiger partial charge is 0.128 e. The van der Waals surface area contributed by atoms with Gasteiger partial charge in [0.1, 0.15) is 11.9 Å². The van der Waals surface area contributed by atoms with Gasteiger partial charge in [-0.3, -0.25) is 4.68 Å². The van der Waals surface area contributed by atoms with Crippen molar-refractivity contribution in [3.05, 3.63) is 54.7 Å².